The van der Waals surface area contributed by atoms with Crippen LogP contribution < -0.4 is 9.62 Å². The molecule has 180 valence electrons. The van der Waals surface area contributed by atoms with Gasteiger partial charge in [-0.25, -0.2) is 8.42 Å². The number of non-ortho nitro benzene ring substituents is 1. The predicted octanol–water partition coefficient (Wildman–Crippen LogP) is 4.21. The van der Waals surface area contributed by atoms with Crippen molar-refractivity contribution in [1.29, 1.82) is 0 Å². The molecule has 0 aromatic heterocycles. The van der Waals surface area contributed by atoms with Crippen molar-refractivity contribution >= 4 is 38.7 Å². The average Bonchev–Trinajstić information content (AvgIpc) is 2.83. The summed E-state index contributed by atoms with van der Waals surface area (Å²) in [4.78, 5) is 33.6. The summed E-state index contributed by atoms with van der Waals surface area (Å²) in [5, 5.41) is 24.9. The third-order valence-electron chi connectivity index (χ3n) is 5.78. The Morgan fingerprint density at radius 1 is 1.00 bits per heavy atom. The Morgan fingerprint density at radius 2 is 1.69 bits per heavy atom. The van der Waals surface area contributed by atoms with Gasteiger partial charge in [-0.3, -0.25) is 29.3 Å². The van der Waals surface area contributed by atoms with E-state index in [1.807, 2.05) is 12.1 Å². The average molecular weight is 497 g/mol. The number of hydrogen-bond acceptors (Lipinski definition) is 7. The fourth-order valence-electron chi connectivity index (χ4n) is 4.00. The Hall–Kier alpha value is -4.32. The van der Waals surface area contributed by atoms with E-state index >= 15 is 0 Å². The lowest BCUT2D eigenvalue weighted by Crippen LogP contribution is -2.35. The second kappa shape index (κ2) is 9.14. The van der Waals surface area contributed by atoms with Crippen LogP contribution in [0.1, 0.15) is 27.9 Å². The van der Waals surface area contributed by atoms with Crippen LogP contribution in [-0.2, 0) is 16.4 Å². The molecular weight excluding hydrogens is 476 g/mol. The van der Waals surface area contributed by atoms with Gasteiger partial charge in [0.2, 0.25) is 0 Å². The Labute approximate surface area is 200 Å². The van der Waals surface area contributed by atoms with Crippen LogP contribution >= 0.6 is 0 Å². The van der Waals surface area contributed by atoms with Crippen LogP contribution in [0.4, 0.5) is 22.7 Å². The Bertz CT molecular complexity index is 1450. The zero-order valence-corrected chi connectivity index (χ0v) is 19.3. The summed E-state index contributed by atoms with van der Waals surface area (Å²) in [5.41, 5.74) is 0.421. The number of nitrogens with zero attached hydrogens (tertiary/aromatic N) is 3. The van der Waals surface area contributed by atoms with E-state index in [9.17, 15) is 33.4 Å². The van der Waals surface area contributed by atoms with Gasteiger partial charge in [0, 0.05) is 23.9 Å². The molecule has 1 aliphatic heterocycles. The van der Waals surface area contributed by atoms with Gasteiger partial charge < -0.3 is 5.32 Å². The van der Waals surface area contributed by atoms with E-state index in [0.717, 1.165) is 24.1 Å². The number of rotatable bonds is 6. The zero-order valence-electron chi connectivity index (χ0n) is 18.5. The van der Waals surface area contributed by atoms with Crippen LogP contribution in [-0.4, -0.2) is 30.7 Å². The van der Waals surface area contributed by atoms with Gasteiger partial charge in [-0.15, -0.1) is 0 Å². The quantitative estimate of drug-likeness (QED) is 0.396. The number of para-hydroxylation sites is 1. The molecule has 0 spiro atoms. The minimum atomic E-state index is -3.84. The molecule has 3 aromatic rings. The molecular formula is C23H20N4O7S. The van der Waals surface area contributed by atoms with Gasteiger partial charge in [-0.1, -0.05) is 18.2 Å². The number of anilines is 2. The number of amides is 1. The minimum Gasteiger partial charge on any atom is -0.322 e. The van der Waals surface area contributed by atoms with Crippen molar-refractivity contribution in [3.8, 4) is 0 Å². The molecule has 11 nitrogen and oxygen atoms in total. The van der Waals surface area contributed by atoms with Gasteiger partial charge in [0.1, 0.15) is 0 Å². The van der Waals surface area contributed by atoms with Crippen LogP contribution in [0.3, 0.4) is 0 Å². The number of aryl methyl sites for hydroxylation is 1. The first-order valence-electron chi connectivity index (χ1n) is 10.5. The van der Waals surface area contributed by atoms with Crippen LogP contribution in [0.5, 0.6) is 0 Å². The number of sulfonamides is 1. The van der Waals surface area contributed by atoms with Gasteiger partial charge >= 0.3 is 0 Å². The van der Waals surface area contributed by atoms with E-state index in [4.69, 9.17) is 0 Å². The molecule has 1 aliphatic rings. The molecule has 0 fully saturated rings. The highest BCUT2D eigenvalue weighted by molar-refractivity contribution is 7.92. The second-order valence-corrected chi connectivity index (χ2v) is 9.80. The van der Waals surface area contributed by atoms with E-state index in [2.05, 4.69) is 5.32 Å². The van der Waals surface area contributed by atoms with Crippen molar-refractivity contribution in [3.05, 3.63) is 97.6 Å². The highest BCUT2D eigenvalue weighted by Crippen LogP contribution is 2.32. The fourth-order valence-corrected chi connectivity index (χ4v) is 5.54. The van der Waals surface area contributed by atoms with Crippen molar-refractivity contribution in [1.82, 2.24) is 0 Å². The molecule has 35 heavy (non-hydrogen) atoms. The van der Waals surface area contributed by atoms with Crippen molar-refractivity contribution < 1.29 is 23.1 Å². The number of nitrogens with one attached hydrogen (secondary N) is 1. The number of benzene rings is 3. The summed E-state index contributed by atoms with van der Waals surface area (Å²) < 4.78 is 27.9. The fraction of sp³-hybridized carbons (Fsp3) is 0.174. The topological polar surface area (TPSA) is 153 Å². The molecule has 3 aromatic carbocycles. The maximum absolute atomic E-state index is 13.3. The van der Waals surface area contributed by atoms with Crippen molar-refractivity contribution in [2.75, 3.05) is 16.2 Å². The highest BCUT2D eigenvalue weighted by Gasteiger charge is 2.29. The third kappa shape index (κ3) is 4.55. The van der Waals surface area contributed by atoms with Crippen LogP contribution in [0.25, 0.3) is 0 Å². The van der Waals surface area contributed by atoms with Crippen molar-refractivity contribution in [2.24, 2.45) is 0 Å². The minimum absolute atomic E-state index is 0.0268. The van der Waals surface area contributed by atoms with Gasteiger partial charge in [0.15, 0.2) is 0 Å². The lowest BCUT2D eigenvalue weighted by Gasteiger charge is -2.30. The van der Waals surface area contributed by atoms with Gasteiger partial charge in [-0.05, 0) is 55.7 Å². The maximum Gasteiger partial charge on any atom is 0.279 e. The van der Waals surface area contributed by atoms with Crippen molar-refractivity contribution in [2.45, 2.75) is 24.7 Å². The van der Waals surface area contributed by atoms with Crippen LogP contribution in [0.15, 0.2) is 65.6 Å². The molecule has 0 aliphatic carbocycles. The summed E-state index contributed by atoms with van der Waals surface area (Å²) in [5.74, 6) is -0.796. The molecule has 1 amide bonds. The van der Waals surface area contributed by atoms with Gasteiger partial charge in [-0.2, -0.15) is 0 Å². The van der Waals surface area contributed by atoms with Crippen LogP contribution in [0.2, 0.25) is 0 Å². The van der Waals surface area contributed by atoms with Crippen molar-refractivity contribution in [3.63, 3.8) is 0 Å². The monoisotopic (exact) mass is 496 g/mol. The summed E-state index contributed by atoms with van der Waals surface area (Å²) in [6.07, 6.45) is 1.49. The molecule has 0 saturated heterocycles. The molecule has 0 bridgehead atoms. The summed E-state index contributed by atoms with van der Waals surface area (Å²) in [6.45, 7) is 1.67. The largest absolute Gasteiger partial charge is 0.322 e. The highest BCUT2D eigenvalue weighted by atomic mass is 32.2. The second-order valence-electron chi connectivity index (χ2n) is 7.94. The number of nitro groups is 2. The SMILES string of the molecule is Cc1c(C(=O)Nc2ccc(S(=O)(=O)N3CCCc4ccccc43)cc2)cc([N+](=O)[O-])cc1[N+](=O)[O-]. The van der Waals surface area contributed by atoms with Crippen LogP contribution in [0, 0.1) is 27.2 Å². The Morgan fingerprint density at radius 3 is 2.34 bits per heavy atom. The molecule has 1 N–H and O–H groups in total. The van der Waals surface area contributed by atoms with E-state index in [-0.39, 0.29) is 21.7 Å². The molecule has 0 radical (unpaired) electrons. The Kier molecular flexibility index (Phi) is 6.22. The third-order valence-corrected chi connectivity index (χ3v) is 7.61. The lowest BCUT2D eigenvalue weighted by molar-refractivity contribution is -0.394. The predicted molar refractivity (Wildman–Crippen MR) is 128 cm³/mol. The van der Waals surface area contributed by atoms with Gasteiger partial charge in [0.25, 0.3) is 27.3 Å². The number of fused-ring (bicyclic) bond motifs is 1. The molecule has 4 rings (SSSR count). The summed E-state index contributed by atoms with van der Waals surface area (Å²) in [7, 11) is -3.84. The normalized spacial score (nSPS) is 13.1. The smallest absolute Gasteiger partial charge is 0.279 e. The first-order valence-corrected chi connectivity index (χ1v) is 12.0. The van der Waals surface area contributed by atoms with E-state index in [0.29, 0.717) is 18.7 Å². The van der Waals surface area contributed by atoms with Gasteiger partial charge in [0.05, 0.1) is 32.1 Å². The number of carbonyl (C=O) groups excluding carboxylic acids is 1. The first kappa shape index (κ1) is 23.8. The number of hydrogen-bond donors (Lipinski definition) is 1. The van der Waals surface area contributed by atoms with E-state index < -0.39 is 37.2 Å². The standard InChI is InChI=1S/C23H20N4O7S/c1-15-20(13-18(26(29)30)14-22(15)27(31)32)23(28)24-17-8-10-19(11-9-17)35(33,34)25-12-4-6-16-5-2-3-7-21(16)25/h2-3,5,7-11,13-14H,4,6,12H2,1H3,(H,24,28). The lowest BCUT2D eigenvalue weighted by atomic mass is 10.0. The number of carbonyl (C=O) groups is 1. The molecule has 1 heterocycles. The molecule has 0 atom stereocenters. The number of nitro benzene ring substituents is 2. The van der Waals surface area contributed by atoms with E-state index in [1.54, 1.807) is 12.1 Å². The maximum atomic E-state index is 13.3. The molecule has 0 unspecified atom stereocenters. The zero-order chi connectivity index (χ0) is 25.3. The van der Waals surface area contributed by atoms with E-state index in [1.165, 1.54) is 35.5 Å². The summed E-state index contributed by atoms with van der Waals surface area (Å²) >= 11 is 0. The Balaban J connectivity index is 1.60. The molecule has 12 heteroatoms. The summed E-state index contributed by atoms with van der Waals surface area (Å²) in [6, 6.07) is 14.6. The first-order chi connectivity index (χ1) is 16.6. The molecule has 0 saturated carbocycles.